The van der Waals surface area contributed by atoms with E-state index in [1.807, 2.05) is 30.3 Å². The van der Waals surface area contributed by atoms with Gasteiger partial charge in [0.1, 0.15) is 5.75 Å². The average molecular weight is 412 g/mol. The third-order valence-corrected chi connectivity index (χ3v) is 6.15. The van der Waals surface area contributed by atoms with Crippen LogP contribution in [0.2, 0.25) is 0 Å². The van der Waals surface area contributed by atoms with Gasteiger partial charge < -0.3 is 15.0 Å². The highest BCUT2D eigenvalue weighted by Crippen LogP contribution is 2.43. The number of fused-ring (bicyclic) bond motifs is 4. The Labute approximate surface area is 180 Å². The maximum Gasteiger partial charge on any atom is 0.308 e. The number of hydrogen-bond donors (Lipinski definition) is 1. The summed E-state index contributed by atoms with van der Waals surface area (Å²) in [6.45, 7) is 2.06. The van der Waals surface area contributed by atoms with Crippen molar-refractivity contribution in [2.45, 2.75) is 39.2 Å². The minimum absolute atomic E-state index is 0.360. The van der Waals surface area contributed by atoms with Gasteiger partial charge in [-0.25, -0.2) is 0 Å². The van der Waals surface area contributed by atoms with Crippen molar-refractivity contribution >= 4 is 33.7 Å². The van der Waals surface area contributed by atoms with Gasteiger partial charge in [0, 0.05) is 24.4 Å². The van der Waals surface area contributed by atoms with Crippen LogP contribution in [0.3, 0.4) is 0 Å². The van der Waals surface area contributed by atoms with E-state index in [-0.39, 0.29) is 5.97 Å². The predicted molar refractivity (Wildman–Crippen MR) is 121 cm³/mol. The smallest absolute Gasteiger partial charge is 0.308 e. The lowest BCUT2D eigenvalue weighted by atomic mass is 9.89. The van der Waals surface area contributed by atoms with Crippen molar-refractivity contribution in [1.29, 1.82) is 0 Å². The molecule has 0 spiro atoms. The van der Waals surface area contributed by atoms with Crippen LogP contribution in [0.15, 0.2) is 54.6 Å². The molecule has 0 bridgehead atoms. The SMILES string of the molecule is CC(=O)Oc1c2c(cc3c1c1c(C(N)=O)cccc1n3Cc1ccccc1)CCCC2. The van der Waals surface area contributed by atoms with E-state index in [0.29, 0.717) is 17.9 Å². The average Bonchev–Trinajstić information content (AvgIpc) is 3.07. The Kier molecular flexibility index (Phi) is 4.74. The number of rotatable bonds is 4. The Hall–Kier alpha value is -3.60. The zero-order chi connectivity index (χ0) is 21.5. The van der Waals surface area contributed by atoms with Crippen molar-refractivity contribution in [1.82, 2.24) is 4.57 Å². The molecule has 5 nitrogen and oxygen atoms in total. The van der Waals surface area contributed by atoms with Gasteiger partial charge in [-0.1, -0.05) is 36.4 Å². The number of aryl methyl sites for hydroxylation is 1. The summed E-state index contributed by atoms with van der Waals surface area (Å²) in [5.41, 5.74) is 11.5. The molecule has 5 rings (SSSR count). The van der Waals surface area contributed by atoms with Crippen molar-refractivity contribution < 1.29 is 14.3 Å². The molecule has 1 aliphatic rings. The molecule has 5 heteroatoms. The summed E-state index contributed by atoms with van der Waals surface area (Å²) in [7, 11) is 0. The summed E-state index contributed by atoms with van der Waals surface area (Å²) in [6.07, 6.45) is 3.98. The number of hydrogen-bond acceptors (Lipinski definition) is 3. The van der Waals surface area contributed by atoms with E-state index in [4.69, 9.17) is 10.5 Å². The van der Waals surface area contributed by atoms with Crippen molar-refractivity contribution in [3.05, 3.63) is 76.9 Å². The van der Waals surface area contributed by atoms with Crippen LogP contribution in [0.1, 0.15) is 46.8 Å². The molecule has 2 N–H and O–H groups in total. The summed E-state index contributed by atoms with van der Waals surface area (Å²) < 4.78 is 8.03. The quantitative estimate of drug-likeness (QED) is 0.388. The Morgan fingerprint density at radius 2 is 1.74 bits per heavy atom. The minimum Gasteiger partial charge on any atom is -0.426 e. The normalized spacial score (nSPS) is 13.3. The van der Waals surface area contributed by atoms with Gasteiger partial charge in [0.25, 0.3) is 0 Å². The first-order chi connectivity index (χ1) is 15.0. The van der Waals surface area contributed by atoms with Crippen LogP contribution in [-0.2, 0) is 24.2 Å². The standard InChI is InChI=1S/C26H24N2O3/c1-16(29)31-25-19-11-6-5-10-18(19)14-22-24(25)23-20(26(27)30)12-7-13-21(23)28(22)15-17-8-3-2-4-9-17/h2-4,7-9,12-14H,5-6,10-11,15H2,1H3,(H2,27,30). The van der Waals surface area contributed by atoms with E-state index in [9.17, 15) is 9.59 Å². The third kappa shape index (κ3) is 3.26. The molecule has 1 heterocycles. The van der Waals surface area contributed by atoms with Crippen LogP contribution in [0.25, 0.3) is 21.8 Å². The molecular formula is C26H24N2O3. The Balaban J connectivity index is 1.93. The number of carbonyl (C=O) groups is 2. The molecule has 4 aromatic rings. The van der Waals surface area contributed by atoms with Gasteiger partial charge in [-0.3, -0.25) is 9.59 Å². The number of aromatic nitrogens is 1. The van der Waals surface area contributed by atoms with E-state index >= 15 is 0 Å². The molecule has 0 saturated heterocycles. The number of esters is 1. The highest BCUT2D eigenvalue weighted by molar-refractivity contribution is 6.20. The summed E-state index contributed by atoms with van der Waals surface area (Å²) in [5.74, 6) is -0.262. The molecule has 3 aromatic carbocycles. The number of primary amides is 1. The monoisotopic (exact) mass is 412 g/mol. The minimum atomic E-state index is -0.490. The molecule has 0 atom stereocenters. The van der Waals surface area contributed by atoms with Crippen molar-refractivity contribution in [2.24, 2.45) is 5.73 Å². The van der Waals surface area contributed by atoms with Crippen molar-refractivity contribution in [2.75, 3.05) is 0 Å². The van der Waals surface area contributed by atoms with Crippen LogP contribution in [-0.4, -0.2) is 16.4 Å². The van der Waals surface area contributed by atoms with Gasteiger partial charge >= 0.3 is 5.97 Å². The zero-order valence-electron chi connectivity index (χ0n) is 17.5. The molecule has 0 aliphatic heterocycles. The third-order valence-electron chi connectivity index (χ3n) is 6.15. The highest BCUT2D eigenvalue weighted by Gasteiger charge is 2.26. The number of ether oxygens (including phenoxy) is 1. The largest absolute Gasteiger partial charge is 0.426 e. The topological polar surface area (TPSA) is 74.3 Å². The van der Waals surface area contributed by atoms with Crippen LogP contribution in [0.4, 0.5) is 0 Å². The molecule has 0 fully saturated rings. The van der Waals surface area contributed by atoms with Gasteiger partial charge in [-0.2, -0.15) is 0 Å². The first-order valence-corrected chi connectivity index (χ1v) is 10.7. The second kappa shape index (κ2) is 7.58. The molecule has 1 aromatic heterocycles. The molecule has 1 amide bonds. The molecular weight excluding hydrogens is 388 g/mol. The van der Waals surface area contributed by atoms with E-state index in [1.54, 1.807) is 6.07 Å². The van der Waals surface area contributed by atoms with Crippen LogP contribution in [0.5, 0.6) is 5.75 Å². The van der Waals surface area contributed by atoms with Crippen LogP contribution < -0.4 is 10.5 Å². The number of nitrogens with two attached hydrogens (primary N) is 1. The van der Waals surface area contributed by atoms with E-state index in [1.165, 1.54) is 12.5 Å². The van der Waals surface area contributed by atoms with Gasteiger partial charge in [0.15, 0.2) is 0 Å². The van der Waals surface area contributed by atoms with Gasteiger partial charge in [-0.15, -0.1) is 0 Å². The maximum atomic E-state index is 12.4. The molecule has 0 saturated carbocycles. The van der Waals surface area contributed by atoms with Gasteiger partial charge in [-0.05, 0) is 60.6 Å². The first kappa shape index (κ1) is 19.4. The maximum absolute atomic E-state index is 12.4. The second-order valence-electron chi connectivity index (χ2n) is 8.17. The second-order valence-corrected chi connectivity index (χ2v) is 8.17. The summed E-state index contributed by atoms with van der Waals surface area (Å²) in [5, 5.41) is 1.56. The lowest BCUT2D eigenvalue weighted by Crippen LogP contribution is -2.12. The van der Waals surface area contributed by atoms with Crippen molar-refractivity contribution in [3.8, 4) is 5.75 Å². The van der Waals surface area contributed by atoms with E-state index < -0.39 is 5.91 Å². The van der Waals surface area contributed by atoms with Crippen LogP contribution in [0, 0.1) is 0 Å². The summed E-state index contributed by atoms with van der Waals surface area (Å²) >= 11 is 0. The summed E-state index contributed by atoms with van der Waals surface area (Å²) in [4.78, 5) is 24.4. The van der Waals surface area contributed by atoms with E-state index in [2.05, 4.69) is 22.8 Å². The number of amides is 1. The first-order valence-electron chi connectivity index (χ1n) is 10.7. The Bertz CT molecular complexity index is 1340. The van der Waals surface area contributed by atoms with E-state index in [0.717, 1.165) is 58.6 Å². The predicted octanol–water partition coefficient (Wildman–Crippen LogP) is 4.75. The number of carbonyl (C=O) groups excluding carboxylic acids is 2. The molecule has 1 aliphatic carbocycles. The van der Waals surface area contributed by atoms with Crippen molar-refractivity contribution in [3.63, 3.8) is 0 Å². The molecule has 0 radical (unpaired) electrons. The highest BCUT2D eigenvalue weighted by atomic mass is 16.5. The zero-order valence-corrected chi connectivity index (χ0v) is 17.5. The fourth-order valence-electron chi connectivity index (χ4n) is 4.86. The number of nitrogens with zero attached hydrogens (tertiary/aromatic N) is 1. The lowest BCUT2D eigenvalue weighted by molar-refractivity contribution is -0.131. The Morgan fingerprint density at radius 3 is 2.48 bits per heavy atom. The molecule has 0 unspecified atom stereocenters. The molecule has 31 heavy (non-hydrogen) atoms. The molecule has 156 valence electrons. The fraction of sp³-hybridized carbons (Fsp3) is 0.231. The van der Waals surface area contributed by atoms with Crippen LogP contribution >= 0.6 is 0 Å². The lowest BCUT2D eigenvalue weighted by Gasteiger charge is -2.20. The fourth-order valence-corrected chi connectivity index (χ4v) is 4.86. The summed E-state index contributed by atoms with van der Waals surface area (Å²) in [6, 6.07) is 18.0. The Morgan fingerprint density at radius 1 is 0.968 bits per heavy atom. The number of benzene rings is 3. The van der Waals surface area contributed by atoms with Gasteiger partial charge in [0.2, 0.25) is 5.91 Å². The van der Waals surface area contributed by atoms with Gasteiger partial charge in [0.05, 0.1) is 16.4 Å².